The molecule has 0 radical (unpaired) electrons. The van der Waals surface area contributed by atoms with Gasteiger partial charge in [-0.25, -0.2) is 4.99 Å². The fourth-order valence-electron chi connectivity index (χ4n) is 2.87. The molecule has 6 nitrogen and oxygen atoms in total. The summed E-state index contributed by atoms with van der Waals surface area (Å²) in [5.74, 6) is 1.01. The second-order valence-corrected chi connectivity index (χ2v) is 6.00. The van der Waals surface area contributed by atoms with Crippen molar-refractivity contribution >= 4 is 41.5 Å². The Morgan fingerprint density at radius 2 is 2.04 bits per heavy atom. The van der Waals surface area contributed by atoms with E-state index in [0.29, 0.717) is 12.3 Å². The molecule has 1 aromatic heterocycles. The average molecular weight is 468 g/mol. The van der Waals surface area contributed by atoms with Crippen LogP contribution < -0.4 is 10.6 Å². The van der Waals surface area contributed by atoms with Gasteiger partial charge in [0, 0.05) is 25.3 Å². The lowest BCUT2D eigenvalue weighted by Crippen LogP contribution is -2.39. The molecule has 0 atom stereocenters. The first kappa shape index (κ1) is 20.3. The summed E-state index contributed by atoms with van der Waals surface area (Å²) in [6.45, 7) is 5.63. The van der Waals surface area contributed by atoms with Crippen LogP contribution in [-0.4, -0.2) is 36.4 Å². The maximum absolute atomic E-state index is 12.1. The van der Waals surface area contributed by atoms with Crippen molar-refractivity contribution in [3.8, 4) is 0 Å². The number of likely N-dealkylation sites (tertiary alicyclic amines) is 1. The number of rotatable bonds is 5. The van der Waals surface area contributed by atoms with E-state index in [1.807, 2.05) is 24.3 Å². The van der Waals surface area contributed by atoms with Gasteiger partial charge in [-0.1, -0.05) is 12.1 Å². The Morgan fingerprint density at radius 3 is 2.73 bits per heavy atom. The number of hydrogen-bond acceptors (Lipinski definition) is 3. The van der Waals surface area contributed by atoms with E-state index in [9.17, 15) is 4.79 Å². The maximum Gasteiger partial charge on any atom is 0.291 e. The third kappa shape index (κ3) is 5.48. The number of aliphatic imine (C=N–C) groups is 1. The summed E-state index contributed by atoms with van der Waals surface area (Å²) in [4.78, 5) is 19.1. The van der Waals surface area contributed by atoms with Crippen LogP contribution in [0.3, 0.4) is 0 Å². The quantitative estimate of drug-likeness (QED) is 0.399. The molecule has 1 aromatic carbocycles. The first-order chi connectivity index (χ1) is 12.3. The summed E-state index contributed by atoms with van der Waals surface area (Å²) >= 11 is 0. The molecule has 3 rings (SSSR count). The highest BCUT2D eigenvalue weighted by Crippen LogP contribution is 2.14. The van der Waals surface area contributed by atoms with Gasteiger partial charge in [0.05, 0.1) is 12.8 Å². The van der Waals surface area contributed by atoms with Gasteiger partial charge in [-0.15, -0.1) is 24.0 Å². The number of benzene rings is 1. The highest BCUT2D eigenvalue weighted by Gasteiger charge is 2.15. The Kier molecular flexibility index (Phi) is 7.96. The number of carbonyl (C=O) groups is 1. The van der Waals surface area contributed by atoms with Crippen molar-refractivity contribution in [2.45, 2.75) is 26.3 Å². The van der Waals surface area contributed by atoms with Gasteiger partial charge in [-0.2, -0.15) is 0 Å². The van der Waals surface area contributed by atoms with Crippen LogP contribution in [-0.2, 0) is 6.54 Å². The molecule has 0 saturated carbocycles. The zero-order chi connectivity index (χ0) is 17.5. The summed E-state index contributed by atoms with van der Waals surface area (Å²) in [7, 11) is 0. The number of anilines is 1. The van der Waals surface area contributed by atoms with Crippen molar-refractivity contribution < 1.29 is 9.21 Å². The molecule has 1 aliphatic rings. The van der Waals surface area contributed by atoms with Crippen LogP contribution >= 0.6 is 24.0 Å². The lowest BCUT2D eigenvalue weighted by Gasteiger charge is -2.20. The molecule has 7 heteroatoms. The third-order valence-corrected chi connectivity index (χ3v) is 4.08. The topological polar surface area (TPSA) is 69.9 Å². The number of nitrogens with one attached hydrogen (secondary N) is 2. The van der Waals surface area contributed by atoms with Gasteiger partial charge in [0.15, 0.2) is 11.7 Å². The summed E-state index contributed by atoms with van der Waals surface area (Å²) < 4.78 is 5.11. The van der Waals surface area contributed by atoms with Crippen molar-refractivity contribution in [2.75, 3.05) is 25.0 Å². The molecule has 0 bridgehead atoms. The average Bonchev–Trinajstić information content (AvgIpc) is 3.32. The first-order valence-electron chi connectivity index (χ1n) is 8.73. The largest absolute Gasteiger partial charge is 0.459 e. The van der Waals surface area contributed by atoms with E-state index < -0.39 is 0 Å². The van der Waals surface area contributed by atoms with Gasteiger partial charge < -0.3 is 20.0 Å². The van der Waals surface area contributed by atoms with Crippen molar-refractivity contribution in [3.63, 3.8) is 0 Å². The molecule has 140 valence electrons. The van der Waals surface area contributed by atoms with E-state index in [-0.39, 0.29) is 29.9 Å². The predicted octanol–water partition coefficient (Wildman–Crippen LogP) is 3.71. The van der Waals surface area contributed by atoms with E-state index in [1.54, 1.807) is 12.1 Å². The Morgan fingerprint density at radius 1 is 1.23 bits per heavy atom. The molecule has 26 heavy (non-hydrogen) atoms. The van der Waals surface area contributed by atoms with Gasteiger partial charge in [-0.3, -0.25) is 4.79 Å². The van der Waals surface area contributed by atoms with Gasteiger partial charge >= 0.3 is 0 Å². The van der Waals surface area contributed by atoms with Gasteiger partial charge in [0.1, 0.15) is 0 Å². The highest BCUT2D eigenvalue weighted by atomic mass is 127. The zero-order valence-corrected chi connectivity index (χ0v) is 17.2. The highest BCUT2D eigenvalue weighted by molar-refractivity contribution is 14.0. The summed E-state index contributed by atoms with van der Waals surface area (Å²) in [5.41, 5.74) is 1.78. The van der Waals surface area contributed by atoms with Gasteiger partial charge in [-0.05, 0) is 49.6 Å². The third-order valence-electron chi connectivity index (χ3n) is 4.08. The molecule has 0 aliphatic carbocycles. The van der Waals surface area contributed by atoms with Crippen LogP contribution in [0, 0.1) is 0 Å². The van der Waals surface area contributed by atoms with Crippen LogP contribution in [0.15, 0.2) is 52.1 Å². The number of guanidine groups is 1. The molecule has 1 fully saturated rings. The molecule has 1 saturated heterocycles. The predicted molar refractivity (Wildman–Crippen MR) is 114 cm³/mol. The molecular weight excluding hydrogens is 443 g/mol. The van der Waals surface area contributed by atoms with Gasteiger partial charge in [0.2, 0.25) is 0 Å². The number of hydrogen-bond donors (Lipinski definition) is 2. The second-order valence-electron chi connectivity index (χ2n) is 6.00. The van der Waals surface area contributed by atoms with Crippen LogP contribution in [0.1, 0.15) is 35.9 Å². The lowest BCUT2D eigenvalue weighted by molar-refractivity contribution is 0.0996. The minimum absolute atomic E-state index is 0. The fourth-order valence-corrected chi connectivity index (χ4v) is 2.87. The normalized spacial score (nSPS) is 14.0. The number of amides is 1. The van der Waals surface area contributed by atoms with Crippen LogP contribution in [0.4, 0.5) is 5.69 Å². The minimum atomic E-state index is -0.254. The van der Waals surface area contributed by atoms with E-state index in [4.69, 9.17) is 9.41 Å². The number of nitrogens with zero attached hydrogens (tertiary/aromatic N) is 2. The molecule has 2 heterocycles. The molecule has 1 amide bonds. The molecule has 1 aliphatic heterocycles. The minimum Gasteiger partial charge on any atom is -0.459 e. The van der Waals surface area contributed by atoms with E-state index >= 15 is 0 Å². The zero-order valence-electron chi connectivity index (χ0n) is 14.9. The Hall–Kier alpha value is -2.03. The van der Waals surface area contributed by atoms with Crippen LogP contribution in [0.5, 0.6) is 0 Å². The van der Waals surface area contributed by atoms with Crippen molar-refractivity contribution in [1.29, 1.82) is 0 Å². The van der Waals surface area contributed by atoms with Crippen LogP contribution in [0.25, 0.3) is 0 Å². The van der Waals surface area contributed by atoms with Crippen LogP contribution in [0.2, 0.25) is 0 Å². The molecule has 2 N–H and O–H groups in total. The summed E-state index contributed by atoms with van der Waals surface area (Å²) in [6, 6.07) is 11.1. The molecule has 0 unspecified atom stereocenters. The monoisotopic (exact) mass is 468 g/mol. The van der Waals surface area contributed by atoms with Gasteiger partial charge in [0.25, 0.3) is 5.91 Å². The number of carbonyl (C=O) groups excluding carboxylic acids is 1. The SMILES string of the molecule is CCNC(=NCc1cccc(NC(=O)c2ccco2)c1)N1CCCC1.I. The van der Waals surface area contributed by atoms with Crippen molar-refractivity contribution in [3.05, 3.63) is 54.0 Å². The lowest BCUT2D eigenvalue weighted by atomic mass is 10.2. The van der Waals surface area contributed by atoms with E-state index in [2.05, 4.69) is 22.5 Å². The van der Waals surface area contributed by atoms with Crippen molar-refractivity contribution in [2.24, 2.45) is 4.99 Å². The molecule has 0 spiro atoms. The fraction of sp³-hybridized carbons (Fsp3) is 0.368. The summed E-state index contributed by atoms with van der Waals surface area (Å²) in [5, 5.41) is 6.20. The number of halogens is 1. The Balaban J connectivity index is 0.00000243. The second kappa shape index (κ2) is 10.2. The van der Waals surface area contributed by atoms with E-state index in [1.165, 1.54) is 19.1 Å². The number of furan rings is 1. The Labute approximate surface area is 171 Å². The van der Waals surface area contributed by atoms with Crippen molar-refractivity contribution in [1.82, 2.24) is 10.2 Å². The van der Waals surface area contributed by atoms with E-state index in [0.717, 1.165) is 36.8 Å². The smallest absolute Gasteiger partial charge is 0.291 e. The maximum atomic E-state index is 12.1. The Bertz CT molecular complexity index is 725. The summed E-state index contributed by atoms with van der Waals surface area (Å²) in [6.07, 6.45) is 3.93. The molecular formula is C19H25IN4O2. The standard InChI is InChI=1S/C19H24N4O2.HI/c1-2-20-19(23-10-3-4-11-23)21-14-15-7-5-8-16(13-15)22-18(24)17-9-6-12-25-17;/h5-9,12-13H,2-4,10-11,14H2,1H3,(H,20,21)(H,22,24);1H. The first-order valence-corrected chi connectivity index (χ1v) is 8.73. The molecule has 2 aromatic rings.